The standard InChI is InChI=1S/C20H27N3O3S/c24-19(22-8-10-26-11-9-22)17-14-5-1-2-6-16(14)27-18(17)21-20(25)23-7-3-4-13-12-15(13)23/h13,15H,1-12H2,(H,21,25). The molecule has 2 aliphatic heterocycles. The van der Waals surface area contributed by atoms with Crippen LogP contribution in [0.4, 0.5) is 9.80 Å². The highest BCUT2D eigenvalue weighted by atomic mass is 32.1. The number of nitrogens with zero attached hydrogens (tertiary/aromatic N) is 2. The van der Waals surface area contributed by atoms with Crippen molar-refractivity contribution in [3.63, 3.8) is 0 Å². The third-order valence-electron chi connectivity index (χ3n) is 6.42. The van der Waals surface area contributed by atoms with E-state index in [1.54, 1.807) is 11.3 Å². The molecule has 3 fully saturated rings. The second-order valence-electron chi connectivity index (χ2n) is 8.15. The first kappa shape index (κ1) is 17.5. The lowest BCUT2D eigenvalue weighted by atomic mass is 9.95. The number of fused-ring (bicyclic) bond motifs is 2. The average Bonchev–Trinajstić information content (AvgIpc) is 3.41. The molecule has 2 unspecified atom stereocenters. The molecular weight excluding hydrogens is 362 g/mol. The molecule has 2 atom stereocenters. The molecule has 7 heteroatoms. The molecule has 1 saturated carbocycles. The summed E-state index contributed by atoms with van der Waals surface area (Å²) in [6.45, 7) is 3.29. The number of nitrogens with one attached hydrogen (secondary N) is 1. The van der Waals surface area contributed by atoms with E-state index in [4.69, 9.17) is 4.74 Å². The zero-order valence-electron chi connectivity index (χ0n) is 15.7. The number of rotatable bonds is 2. The van der Waals surface area contributed by atoms with Gasteiger partial charge in [0.2, 0.25) is 0 Å². The van der Waals surface area contributed by atoms with Crippen LogP contribution in [0.1, 0.15) is 52.9 Å². The molecule has 0 radical (unpaired) electrons. The smallest absolute Gasteiger partial charge is 0.322 e. The Morgan fingerprint density at radius 3 is 2.74 bits per heavy atom. The Morgan fingerprint density at radius 2 is 1.89 bits per heavy atom. The van der Waals surface area contributed by atoms with Crippen LogP contribution in [0, 0.1) is 5.92 Å². The highest BCUT2D eigenvalue weighted by Crippen LogP contribution is 2.44. The normalized spacial score (nSPS) is 27.0. The average molecular weight is 390 g/mol. The molecule has 1 aromatic heterocycles. The van der Waals surface area contributed by atoms with E-state index in [-0.39, 0.29) is 11.9 Å². The minimum Gasteiger partial charge on any atom is -0.378 e. The van der Waals surface area contributed by atoms with Crippen molar-refractivity contribution in [2.75, 3.05) is 38.2 Å². The lowest BCUT2D eigenvalue weighted by Crippen LogP contribution is -2.42. The molecule has 6 nitrogen and oxygen atoms in total. The second-order valence-corrected chi connectivity index (χ2v) is 9.25. The van der Waals surface area contributed by atoms with Crippen LogP contribution in [0.15, 0.2) is 0 Å². The summed E-state index contributed by atoms with van der Waals surface area (Å²) in [5.74, 6) is 0.770. The van der Waals surface area contributed by atoms with Gasteiger partial charge in [0.05, 0.1) is 18.8 Å². The zero-order chi connectivity index (χ0) is 18.4. The Labute approximate surface area is 163 Å². The summed E-state index contributed by atoms with van der Waals surface area (Å²) < 4.78 is 5.40. The maximum Gasteiger partial charge on any atom is 0.322 e. The lowest BCUT2D eigenvalue weighted by molar-refractivity contribution is 0.0303. The number of amides is 3. The fourth-order valence-electron chi connectivity index (χ4n) is 4.84. The van der Waals surface area contributed by atoms with Gasteiger partial charge in [0.15, 0.2) is 0 Å². The van der Waals surface area contributed by atoms with Gasteiger partial charge in [-0.3, -0.25) is 10.1 Å². The number of urea groups is 1. The van der Waals surface area contributed by atoms with Gasteiger partial charge >= 0.3 is 6.03 Å². The molecule has 2 aliphatic carbocycles. The fourth-order valence-corrected chi connectivity index (χ4v) is 6.11. The van der Waals surface area contributed by atoms with Crippen molar-refractivity contribution in [3.8, 4) is 0 Å². The van der Waals surface area contributed by atoms with Gasteiger partial charge in [-0.25, -0.2) is 4.79 Å². The molecule has 1 N–H and O–H groups in total. The minimum absolute atomic E-state index is 0.0168. The minimum atomic E-state index is -0.0168. The van der Waals surface area contributed by atoms with E-state index in [2.05, 4.69) is 5.32 Å². The van der Waals surface area contributed by atoms with Gasteiger partial charge in [-0.1, -0.05) is 0 Å². The van der Waals surface area contributed by atoms with Crippen LogP contribution < -0.4 is 5.32 Å². The van der Waals surface area contributed by atoms with Crippen LogP contribution in [0.25, 0.3) is 0 Å². The van der Waals surface area contributed by atoms with Crippen LogP contribution >= 0.6 is 11.3 Å². The van der Waals surface area contributed by atoms with E-state index in [9.17, 15) is 9.59 Å². The summed E-state index contributed by atoms with van der Waals surface area (Å²) in [4.78, 5) is 31.4. The first-order valence-corrected chi connectivity index (χ1v) is 11.1. The van der Waals surface area contributed by atoms with E-state index in [1.807, 2.05) is 9.80 Å². The Morgan fingerprint density at radius 1 is 1.07 bits per heavy atom. The van der Waals surface area contributed by atoms with Crippen molar-refractivity contribution in [2.45, 2.75) is 51.0 Å². The summed E-state index contributed by atoms with van der Waals surface area (Å²) in [7, 11) is 0. The first-order valence-electron chi connectivity index (χ1n) is 10.3. The zero-order valence-corrected chi connectivity index (χ0v) is 16.5. The molecule has 5 rings (SSSR count). The number of morpholine rings is 1. The number of piperidine rings is 1. The van der Waals surface area contributed by atoms with Crippen molar-refractivity contribution in [1.29, 1.82) is 0 Å². The maximum atomic E-state index is 13.3. The largest absolute Gasteiger partial charge is 0.378 e. The van der Waals surface area contributed by atoms with Crippen molar-refractivity contribution < 1.29 is 14.3 Å². The highest BCUT2D eigenvalue weighted by Gasteiger charge is 2.46. The third kappa shape index (κ3) is 3.25. The van der Waals surface area contributed by atoms with Crippen molar-refractivity contribution in [3.05, 3.63) is 16.0 Å². The van der Waals surface area contributed by atoms with Gasteiger partial charge in [0, 0.05) is 30.6 Å². The van der Waals surface area contributed by atoms with E-state index in [1.165, 1.54) is 23.3 Å². The summed E-state index contributed by atoms with van der Waals surface area (Å²) in [6, 6.07) is 0.406. The van der Waals surface area contributed by atoms with Crippen molar-refractivity contribution in [1.82, 2.24) is 9.80 Å². The molecule has 0 spiro atoms. The molecule has 27 heavy (non-hydrogen) atoms. The lowest BCUT2D eigenvalue weighted by Gasteiger charge is -2.29. The monoisotopic (exact) mass is 389 g/mol. The summed E-state index contributed by atoms with van der Waals surface area (Å²) in [5, 5.41) is 3.91. The van der Waals surface area contributed by atoms with Gasteiger partial charge in [-0.15, -0.1) is 11.3 Å². The number of likely N-dealkylation sites (tertiary alicyclic amines) is 1. The predicted octanol–water partition coefficient (Wildman–Crippen LogP) is 3.12. The molecule has 3 heterocycles. The molecule has 0 bridgehead atoms. The van der Waals surface area contributed by atoms with Crippen molar-refractivity contribution >= 4 is 28.3 Å². The van der Waals surface area contributed by atoms with Crippen molar-refractivity contribution in [2.24, 2.45) is 5.92 Å². The van der Waals surface area contributed by atoms with E-state index >= 15 is 0 Å². The van der Waals surface area contributed by atoms with Gasteiger partial charge in [0.25, 0.3) is 5.91 Å². The predicted molar refractivity (Wildman–Crippen MR) is 105 cm³/mol. The van der Waals surface area contributed by atoms with Crippen LogP contribution in [0.3, 0.4) is 0 Å². The van der Waals surface area contributed by atoms with Crippen LogP contribution in [0.5, 0.6) is 0 Å². The third-order valence-corrected chi connectivity index (χ3v) is 7.63. The molecule has 4 aliphatic rings. The molecule has 0 aromatic carbocycles. The summed E-state index contributed by atoms with van der Waals surface area (Å²) in [6.07, 6.45) is 7.75. The van der Waals surface area contributed by atoms with Gasteiger partial charge < -0.3 is 14.5 Å². The SMILES string of the molecule is O=C(c1c(NC(=O)N2CCCC3CC32)sc2c1CCCC2)N1CCOCC1. The Hall–Kier alpha value is -1.60. The quantitative estimate of drug-likeness (QED) is 0.845. The number of aryl methyl sites for hydroxylation is 1. The topological polar surface area (TPSA) is 61.9 Å². The fraction of sp³-hybridized carbons (Fsp3) is 0.700. The Kier molecular flexibility index (Phi) is 4.60. The van der Waals surface area contributed by atoms with Crippen LogP contribution in [-0.2, 0) is 17.6 Å². The summed E-state index contributed by atoms with van der Waals surface area (Å²) in [5.41, 5.74) is 1.94. The van der Waals surface area contributed by atoms with Gasteiger partial charge in [0.1, 0.15) is 5.00 Å². The van der Waals surface area contributed by atoms with Crippen LogP contribution in [-0.4, -0.2) is 60.6 Å². The second kappa shape index (κ2) is 7.09. The molecular formula is C20H27N3O3S. The number of hydrogen-bond acceptors (Lipinski definition) is 4. The summed E-state index contributed by atoms with van der Waals surface area (Å²) >= 11 is 1.62. The number of anilines is 1. The molecule has 3 amide bonds. The molecule has 2 saturated heterocycles. The van der Waals surface area contributed by atoms with Gasteiger partial charge in [-0.2, -0.15) is 0 Å². The van der Waals surface area contributed by atoms with E-state index in [0.717, 1.165) is 49.2 Å². The molecule has 1 aromatic rings. The number of hydrogen-bond donors (Lipinski definition) is 1. The number of ether oxygens (including phenoxy) is 1. The van der Waals surface area contributed by atoms with Crippen LogP contribution in [0.2, 0.25) is 0 Å². The Balaban J connectivity index is 1.41. The van der Waals surface area contributed by atoms with Gasteiger partial charge in [-0.05, 0) is 56.4 Å². The maximum absolute atomic E-state index is 13.3. The Bertz CT molecular complexity index is 756. The number of carbonyl (C=O) groups excluding carboxylic acids is 2. The number of thiophene rings is 1. The highest BCUT2D eigenvalue weighted by molar-refractivity contribution is 7.17. The van der Waals surface area contributed by atoms with E-state index < -0.39 is 0 Å². The van der Waals surface area contributed by atoms with E-state index in [0.29, 0.717) is 38.3 Å². The molecule has 146 valence electrons. The first-order chi connectivity index (χ1) is 13.2. The number of carbonyl (C=O) groups is 2.